The molecular weight excluding hydrogens is 156 g/mol. The normalized spacial score (nSPS) is 9.50. The molecule has 0 spiro atoms. The Morgan fingerprint density at radius 1 is 1.42 bits per heavy atom. The Hall–Kier alpha value is -1.51. The van der Waals surface area contributed by atoms with Crippen molar-refractivity contribution >= 4 is 6.16 Å². The van der Waals surface area contributed by atoms with Crippen molar-refractivity contribution in [1.82, 2.24) is 0 Å². The van der Waals surface area contributed by atoms with Crippen LogP contribution in [0.1, 0.15) is 11.1 Å². The molecular formula is C9H10O3. The summed E-state index contributed by atoms with van der Waals surface area (Å²) >= 11 is 0. The Morgan fingerprint density at radius 3 is 2.67 bits per heavy atom. The van der Waals surface area contributed by atoms with Crippen LogP contribution >= 0.6 is 0 Å². The van der Waals surface area contributed by atoms with E-state index in [1.807, 2.05) is 19.9 Å². The van der Waals surface area contributed by atoms with Crippen molar-refractivity contribution in [3.05, 3.63) is 29.3 Å². The molecule has 0 aliphatic rings. The van der Waals surface area contributed by atoms with E-state index >= 15 is 0 Å². The van der Waals surface area contributed by atoms with Crippen LogP contribution in [0.4, 0.5) is 4.79 Å². The van der Waals surface area contributed by atoms with Gasteiger partial charge in [0.2, 0.25) is 0 Å². The zero-order chi connectivity index (χ0) is 9.14. The Labute approximate surface area is 70.6 Å². The molecule has 64 valence electrons. The molecule has 0 unspecified atom stereocenters. The van der Waals surface area contributed by atoms with E-state index in [1.165, 1.54) is 0 Å². The molecule has 0 radical (unpaired) electrons. The van der Waals surface area contributed by atoms with Crippen molar-refractivity contribution in [1.29, 1.82) is 0 Å². The second-order valence-electron chi connectivity index (χ2n) is 2.57. The lowest BCUT2D eigenvalue weighted by atomic mass is 10.1. The number of carboxylic acid groups (broad SMARTS) is 1. The highest BCUT2D eigenvalue weighted by molar-refractivity contribution is 5.62. The SMILES string of the molecule is Cc1cccc(OC(=O)O)c1C. The summed E-state index contributed by atoms with van der Waals surface area (Å²) in [5.41, 5.74) is 1.88. The van der Waals surface area contributed by atoms with Gasteiger partial charge in [-0.25, -0.2) is 4.79 Å². The highest BCUT2D eigenvalue weighted by Gasteiger charge is 2.04. The fraction of sp³-hybridized carbons (Fsp3) is 0.222. The summed E-state index contributed by atoms with van der Waals surface area (Å²) in [7, 11) is 0. The minimum absolute atomic E-state index is 0.405. The average molecular weight is 166 g/mol. The summed E-state index contributed by atoms with van der Waals surface area (Å²) in [6.07, 6.45) is -1.27. The molecule has 0 aromatic heterocycles. The van der Waals surface area contributed by atoms with Gasteiger partial charge in [-0.05, 0) is 31.0 Å². The van der Waals surface area contributed by atoms with Gasteiger partial charge in [0.1, 0.15) is 5.75 Å². The molecule has 1 rings (SSSR count). The van der Waals surface area contributed by atoms with Gasteiger partial charge in [0.05, 0.1) is 0 Å². The quantitative estimate of drug-likeness (QED) is 0.514. The summed E-state index contributed by atoms with van der Waals surface area (Å²) in [6, 6.07) is 5.31. The number of benzene rings is 1. The lowest BCUT2D eigenvalue weighted by Crippen LogP contribution is -2.04. The third-order valence-corrected chi connectivity index (χ3v) is 1.75. The highest BCUT2D eigenvalue weighted by Crippen LogP contribution is 2.20. The number of hydrogen-bond acceptors (Lipinski definition) is 2. The predicted octanol–water partition coefficient (Wildman–Crippen LogP) is 2.36. The van der Waals surface area contributed by atoms with Crippen LogP contribution in [0.3, 0.4) is 0 Å². The van der Waals surface area contributed by atoms with E-state index < -0.39 is 6.16 Å². The molecule has 0 saturated carbocycles. The molecule has 0 heterocycles. The van der Waals surface area contributed by atoms with E-state index in [-0.39, 0.29) is 0 Å². The summed E-state index contributed by atoms with van der Waals surface area (Å²) in [5.74, 6) is 0.405. The van der Waals surface area contributed by atoms with Gasteiger partial charge in [0.15, 0.2) is 0 Å². The van der Waals surface area contributed by atoms with E-state index in [9.17, 15) is 4.79 Å². The smallest absolute Gasteiger partial charge is 0.449 e. The standard InChI is InChI=1S/C9H10O3/c1-6-4-3-5-8(7(6)2)12-9(10)11/h3-5H,1-2H3,(H,10,11). The molecule has 1 aromatic carbocycles. The second kappa shape index (κ2) is 3.26. The van der Waals surface area contributed by atoms with Gasteiger partial charge in [-0.15, -0.1) is 0 Å². The molecule has 1 N–H and O–H groups in total. The molecule has 3 heteroatoms. The Bertz CT molecular complexity index is 305. The zero-order valence-electron chi connectivity index (χ0n) is 7.00. The van der Waals surface area contributed by atoms with E-state index in [0.29, 0.717) is 5.75 Å². The van der Waals surface area contributed by atoms with E-state index in [1.54, 1.807) is 12.1 Å². The van der Waals surface area contributed by atoms with Crippen molar-refractivity contribution in [2.75, 3.05) is 0 Å². The minimum Gasteiger partial charge on any atom is -0.449 e. The third-order valence-electron chi connectivity index (χ3n) is 1.75. The molecule has 0 aliphatic heterocycles. The number of rotatable bonds is 1. The Morgan fingerprint density at radius 2 is 2.08 bits per heavy atom. The number of carbonyl (C=O) groups is 1. The molecule has 0 bridgehead atoms. The summed E-state index contributed by atoms with van der Waals surface area (Å²) in [6.45, 7) is 3.73. The van der Waals surface area contributed by atoms with Crippen LogP contribution in [0.2, 0.25) is 0 Å². The van der Waals surface area contributed by atoms with Crippen LogP contribution in [0.15, 0.2) is 18.2 Å². The molecule has 12 heavy (non-hydrogen) atoms. The minimum atomic E-state index is -1.27. The van der Waals surface area contributed by atoms with Crippen LogP contribution < -0.4 is 4.74 Å². The third kappa shape index (κ3) is 1.75. The van der Waals surface area contributed by atoms with Gasteiger partial charge in [0, 0.05) is 0 Å². The van der Waals surface area contributed by atoms with Crippen LogP contribution in [0.5, 0.6) is 5.75 Å². The maximum absolute atomic E-state index is 10.2. The first-order valence-electron chi connectivity index (χ1n) is 3.58. The van der Waals surface area contributed by atoms with Crippen LogP contribution in [0, 0.1) is 13.8 Å². The summed E-state index contributed by atoms with van der Waals surface area (Å²) < 4.78 is 4.54. The maximum Gasteiger partial charge on any atom is 0.511 e. The summed E-state index contributed by atoms with van der Waals surface area (Å²) in [5, 5.41) is 8.36. The van der Waals surface area contributed by atoms with Crippen molar-refractivity contribution in [2.24, 2.45) is 0 Å². The number of hydrogen-bond donors (Lipinski definition) is 1. The fourth-order valence-corrected chi connectivity index (χ4v) is 0.929. The molecule has 1 aromatic rings. The van der Waals surface area contributed by atoms with Crippen molar-refractivity contribution in [2.45, 2.75) is 13.8 Å². The average Bonchev–Trinajstić information content (AvgIpc) is 1.98. The molecule has 0 amide bonds. The monoisotopic (exact) mass is 166 g/mol. The van der Waals surface area contributed by atoms with Crippen LogP contribution in [-0.4, -0.2) is 11.3 Å². The molecule has 0 fully saturated rings. The fourth-order valence-electron chi connectivity index (χ4n) is 0.929. The van der Waals surface area contributed by atoms with Crippen molar-refractivity contribution in [3.63, 3.8) is 0 Å². The van der Waals surface area contributed by atoms with Crippen LogP contribution in [0.25, 0.3) is 0 Å². The van der Waals surface area contributed by atoms with Gasteiger partial charge in [-0.1, -0.05) is 12.1 Å². The number of ether oxygens (including phenoxy) is 1. The first-order chi connectivity index (χ1) is 5.61. The molecule has 0 aliphatic carbocycles. The largest absolute Gasteiger partial charge is 0.511 e. The van der Waals surface area contributed by atoms with Gasteiger partial charge in [-0.3, -0.25) is 0 Å². The molecule has 3 nitrogen and oxygen atoms in total. The highest BCUT2D eigenvalue weighted by atomic mass is 16.7. The van der Waals surface area contributed by atoms with E-state index in [4.69, 9.17) is 5.11 Å². The first-order valence-corrected chi connectivity index (χ1v) is 3.58. The lowest BCUT2D eigenvalue weighted by Gasteiger charge is -2.05. The number of aryl methyl sites for hydroxylation is 1. The molecule has 0 saturated heterocycles. The van der Waals surface area contributed by atoms with Gasteiger partial charge >= 0.3 is 6.16 Å². The van der Waals surface area contributed by atoms with E-state index in [0.717, 1.165) is 11.1 Å². The zero-order valence-corrected chi connectivity index (χ0v) is 7.00. The summed E-state index contributed by atoms with van der Waals surface area (Å²) in [4.78, 5) is 10.2. The Kier molecular flexibility index (Phi) is 2.33. The maximum atomic E-state index is 10.2. The first kappa shape index (κ1) is 8.59. The molecule has 0 atom stereocenters. The topological polar surface area (TPSA) is 46.5 Å². The lowest BCUT2D eigenvalue weighted by molar-refractivity contribution is 0.144. The second-order valence-corrected chi connectivity index (χ2v) is 2.57. The van der Waals surface area contributed by atoms with Gasteiger partial charge in [-0.2, -0.15) is 0 Å². The van der Waals surface area contributed by atoms with Gasteiger partial charge < -0.3 is 9.84 Å². The van der Waals surface area contributed by atoms with Crippen LogP contribution in [-0.2, 0) is 0 Å². The van der Waals surface area contributed by atoms with E-state index in [2.05, 4.69) is 4.74 Å². The van der Waals surface area contributed by atoms with Gasteiger partial charge in [0.25, 0.3) is 0 Å². The Balaban J connectivity index is 3.00. The predicted molar refractivity (Wildman–Crippen MR) is 44.6 cm³/mol. The van der Waals surface area contributed by atoms with Crippen molar-refractivity contribution in [3.8, 4) is 5.75 Å². The van der Waals surface area contributed by atoms with Crippen molar-refractivity contribution < 1.29 is 14.6 Å².